The maximum absolute atomic E-state index is 4.43. The molecule has 2 rings (SSSR count). The molecule has 1 aliphatic rings. The van der Waals surface area contributed by atoms with Crippen molar-refractivity contribution in [3.8, 4) is 0 Å². The summed E-state index contributed by atoms with van der Waals surface area (Å²) in [5.74, 6) is 0.658. The highest BCUT2D eigenvalue weighted by Crippen LogP contribution is 2.31. The van der Waals surface area contributed by atoms with Gasteiger partial charge >= 0.3 is 0 Å². The SMILES string of the molecule is CCCn1cc(C2CC(C)NC2CC)cn1. The highest BCUT2D eigenvalue weighted by molar-refractivity contribution is 5.17. The van der Waals surface area contributed by atoms with Crippen LogP contribution in [0.2, 0.25) is 0 Å². The van der Waals surface area contributed by atoms with Crippen LogP contribution in [0.3, 0.4) is 0 Å². The van der Waals surface area contributed by atoms with Crippen LogP contribution in [0.5, 0.6) is 0 Å². The third kappa shape index (κ3) is 2.29. The molecule has 2 heterocycles. The van der Waals surface area contributed by atoms with Gasteiger partial charge in [0.15, 0.2) is 0 Å². The highest BCUT2D eigenvalue weighted by Gasteiger charge is 2.31. The van der Waals surface area contributed by atoms with E-state index in [9.17, 15) is 0 Å². The molecule has 1 N–H and O–H groups in total. The van der Waals surface area contributed by atoms with E-state index in [0.29, 0.717) is 18.0 Å². The van der Waals surface area contributed by atoms with Crippen molar-refractivity contribution in [1.29, 1.82) is 0 Å². The average Bonchev–Trinajstić information content (AvgIpc) is 2.85. The Hall–Kier alpha value is -0.830. The lowest BCUT2D eigenvalue weighted by Gasteiger charge is -2.15. The van der Waals surface area contributed by atoms with E-state index in [0.717, 1.165) is 13.0 Å². The van der Waals surface area contributed by atoms with Gasteiger partial charge in [-0.15, -0.1) is 0 Å². The third-order valence-electron chi connectivity index (χ3n) is 3.57. The number of aromatic nitrogens is 2. The maximum atomic E-state index is 4.43. The molecule has 0 aliphatic carbocycles. The van der Waals surface area contributed by atoms with Gasteiger partial charge in [0.2, 0.25) is 0 Å². The topological polar surface area (TPSA) is 29.9 Å². The number of rotatable bonds is 4. The molecule has 0 radical (unpaired) electrons. The Kier molecular flexibility index (Phi) is 3.64. The Morgan fingerprint density at radius 2 is 2.31 bits per heavy atom. The van der Waals surface area contributed by atoms with Gasteiger partial charge in [-0.2, -0.15) is 5.10 Å². The van der Waals surface area contributed by atoms with Gasteiger partial charge in [0.05, 0.1) is 6.20 Å². The first kappa shape index (κ1) is 11.6. The van der Waals surface area contributed by atoms with Crippen LogP contribution in [0.15, 0.2) is 12.4 Å². The maximum Gasteiger partial charge on any atom is 0.0525 e. The van der Waals surface area contributed by atoms with E-state index in [2.05, 4.69) is 48.3 Å². The van der Waals surface area contributed by atoms with Crippen molar-refractivity contribution in [1.82, 2.24) is 15.1 Å². The van der Waals surface area contributed by atoms with Crippen molar-refractivity contribution in [3.63, 3.8) is 0 Å². The molecule has 3 heteroatoms. The first-order valence-corrected chi connectivity index (χ1v) is 6.53. The minimum Gasteiger partial charge on any atom is -0.311 e. The predicted molar refractivity (Wildman–Crippen MR) is 66.6 cm³/mol. The average molecular weight is 221 g/mol. The van der Waals surface area contributed by atoms with E-state index in [1.165, 1.54) is 18.4 Å². The van der Waals surface area contributed by atoms with E-state index in [4.69, 9.17) is 0 Å². The lowest BCUT2D eigenvalue weighted by molar-refractivity contribution is 0.516. The molecule has 0 spiro atoms. The molecule has 0 saturated carbocycles. The lowest BCUT2D eigenvalue weighted by Crippen LogP contribution is -2.28. The molecule has 0 bridgehead atoms. The van der Waals surface area contributed by atoms with Crippen molar-refractivity contribution >= 4 is 0 Å². The molecule has 0 aromatic carbocycles. The van der Waals surface area contributed by atoms with Crippen molar-refractivity contribution in [3.05, 3.63) is 18.0 Å². The molecule has 3 nitrogen and oxygen atoms in total. The normalized spacial score (nSPS) is 29.8. The summed E-state index contributed by atoms with van der Waals surface area (Å²) in [5.41, 5.74) is 1.41. The van der Waals surface area contributed by atoms with Gasteiger partial charge in [-0.3, -0.25) is 4.68 Å². The smallest absolute Gasteiger partial charge is 0.0525 e. The van der Waals surface area contributed by atoms with Crippen molar-refractivity contribution in [2.45, 2.75) is 64.6 Å². The summed E-state index contributed by atoms with van der Waals surface area (Å²) in [6.45, 7) is 7.76. The molecule has 3 unspecified atom stereocenters. The summed E-state index contributed by atoms with van der Waals surface area (Å²) >= 11 is 0. The van der Waals surface area contributed by atoms with Gasteiger partial charge in [-0.1, -0.05) is 13.8 Å². The molecule has 1 saturated heterocycles. The first-order valence-electron chi connectivity index (χ1n) is 6.53. The molecule has 1 aromatic heterocycles. The fourth-order valence-corrected chi connectivity index (χ4v) is 2.79. The largest absolute Gasteiger partial charge is 0.311 e. The number of nitrogens with one attached hydrogen (secondary N) is 1. The summed E-state index contributed by atoms with van der Waals surface area (Å²) in [5, 5.41) is 8.09. The molecule has 1 aromatic rings. The van der Waals surface area contributed by atoms with Crippen LogP contribution in [-0.4, -0.2) is 21.9 Å². The van der Waals surface area contributed by atoms with Crippen LogP contribution in [0.4, 0.5) is 0 Å². The van der Waals surface area contributed by atoms with E-state index in [1.807, 2.05) is 0 Å². The summed E-state index contributed by atoms with van der Waals surface area (Å²) in [6, 6.07) is 1.28. The first-order chi connectivity index (χ1) is 7.74. The molecule has 90 valence electrons. The Morgan fingerprint density at radius 3 is 3.00 bits per heavy atom. The van der Waals surface area contributed by atoms with Crippen LogP contribution < -0.4 is 5.32 Å². The summed E-state index contributed by atoms with van der Waals surface area (Å²) < 4.78 is 2.07. The fraction of sp³-hybridized carbons (Fsp3) is 0.769. The van der Waals surface area contributed by atoms with Gasteiger partial charge in [0.25, 0.3) is 0 Å². The molecular weight excluding hydrogens is 198 g/mol. The van der Waals surface area contributed by atoms with Crippen LogP contribution in [0.25, 0.3) is 0 Å². The van der Waals surface area contributed by atoms with E-state index >= 15 is 0 Å². The monoisotopic (exact) mass is 221 g/mol. The number of hydrogen-bond acceptors (Lipinski definition) is 2. The van der Waals surface area contributed by atoms with Gasteiger partial charge < -0.3 is 5.32 Å². The van der Waals surface area contributed by atoms with Gasteiger partial charge in [-0.05, 0) is 31.7 Å². The van der Waals surface area contributed by atoms with Crippen LogP contribution >= 0.6 is 0 Å². The zero-order chi connectivity index (χ0) is 11.5. The Bertz CT molecular complexity index is 332. The zero-order valence-electron chi connectivity index (χ0n) is 10.6. The van der Waals surface area contributed by atoms with Crippen molar-refractivity contribution in [2.24, 2.45) is 0 Å². The molecule has 3 atom stereocenters. The summed E-state index contributed by atoms with van der Waals surface area (Å²) in [6.07, 6.45) is 7.89. The standard InChI is InChI=1S/C13H23N3/c1-4-6-16-9-11(8-14-16)12-7-10(3)15-13(12)5-2/h8-10,12-13,15H,4-7H2,1-3H3. The quantitative estimate of drug-likeness (QED) is 0.846. The van der Waals surface area contributed by atoms with E-state index < -0.39 is 0 Å². The Labute approximate surface area is 98.2 Å². The minimum absolute atomic E-state index is 0.634. The lowest BCUT2D eigenvalue weighted by atomic mass is 9.92. The second-order valence-corrected chi connectivity index (χ2v) is 4.96. The second-order valence-electron chi connectivity index (χ2n) is 4.96. The molecule has 1 aliphatic heterocycles. The molecule has 16 heavy (non-hydrogen) atoms. The number of aryl methyl sites for hydroxylation is 1. The van der Waals surface area contributed by atoms with E-state index in [1.54, 1.807) is 0 Å². The predicted octanol–water partition coefficient (Wildman–Crippen LogP) is 2.54. The van der Waals surface area contributed by atoms with Crippen molar-refractivity contribution < 1.29 is 0 Å². The van der Waals surface area contributed by atoms with Gasteiger partial charge in [-0.25, -0.2) is 0 Å². The minimum atomic E-state index is 0.634. The Balaban J connectivity index is 2.10. The Morgan fingerprint density at radius 1 is 1.50 bits per heavy atom. The van der Waals surface area contributed by atoms with Crippen LogP contribution in [0.1, 0.15) is 51.5 Å². The molecular formula is C13H23N3. The molecule has 1 fully saturated rings. The van der Waals surface area contributed by atoms with Crippen LogP contribution in [0, 0.1) is 0 Å². The highest BCUT2D eigenvalue weighted by atomic mass is 15.3. The van der Waals surface area contributed by atoms with Gasteiger partial charge in [0, 0.05) is 30.7 Å². The van der Waals surface area contributed by atoms with Crippen molar-refractivity contribution in [2.75, 3.05) is 0 Å². The summed E-state index contributed by atoms with van der Waals surface area (Å²) in [7, 11) is 0. The third-order valence-corrected chi connectivity index (χ3v) is 3.57. The number of hydrogen-bond donors (Lipinski definition) is 1. The fourth-order valence-electron chi connectivity index (χ4n) is 2.79. The van der Waals surface area contributed by atoms with Gasteiger partial charge in [0.1, 0.15) is 0 Å². The van der Waals surface area contributed by atoms with E-state index in [-0.39, 0.29) is 0 Å². The zero-order valence-corrected chi connectivity index (χ0v) is 10.6. The summed E-state index contributed by atoms with van der Waals surface area (Å²) in [4.78, 5) is 0. The second kappa shape index (κ2) is 5.00. The molecule has 0 amide bonds. The van der Waals surface area contributed by atoms with Crippen LogP contribution in [-0.2, 0) is 6.54 Å². The number of nitrogens with zero attached hydrogens (tertiary/aromatic N) is 2.